The van der Waals surface area contributed by atoms with E-state index in [2.05, 4.69) is 14.7 Å². The van der Waals surface area contributed by atoms with Crippen LogP contribution in [0.15, 0.2) is 53.4 Å². The Balaban J connectivity index is 1.87. The summed E-state index contributed by atoms with van der Waals surface area (Å²) in [6, 6.07) is 14.8. The van der Waals surface area contributed by atoms with Gasteiger partial charge in [0.1, 0.15) is 5.15 Å². The van der Waals surface area contributed by atoms with Gasteiger partial charge in [0.2, 0.25) is 5.95 Å². The van der Waals surface area contributed by atoms with Gasteiger partial charge in [0.25, 0.3) is 5.24 Å². The number of benzene rings is 2. The minimum Gasteiger partial charge on any atom is -0.294 e. The summed E-state index contributed by atoms with van der Waals surface area (Å²) in [7, 11) is 0. The number of halogens is 2. The van der Waals surface area contributed by atoms with E-state index in [0.717, 1.165) is 27.3 Å². The normalized spacial score (nSPS) is 10.6. The third-order valence-corrected chi connectivity index (χ3v) is 4.94. The van der Waals surface area contributed by atoms with Gasteiger partial charge in [-0.25, -0.2) is 9.97 Å². The minimum atomic E-state index is -0.497. The van der Waals surface area contributed by atoms with Crippen LogP contribution in [0, 0.1) is 13.8 Å². The maximum atomic E-state index is 11.3. The average Bonchev–Trinajstić information content (AvgIpc) is 2.60. The Labute approximate surface area is 166 Å². The zero-order valence-corrected chi connectivity index (χ0v) is 16.4. The lowest BCUT2D eigenvalue weighted by molar-refractivity contribution is 0.108. The van der Waals surface area contributed by atoms with Gasteiger partial charge >= 0.3 is 0 Å². The Morgan fingerprint density at radius 2 is 1.73 bits per heavy atom. The molecule has 3 rings (SSSR count). The van der Waals surface area contributed by atoms with E-state index in [1.807, 2.05) is 38.1 Å². The summed E-state index contributed by atoms with van der Waals surface area (Å²) in [5.41, 5.74) is 4.47. The van der Waals surface area contributed by atoms with E-state index in [0.29, 0.717) is 16.7 Å². The molecule has 4 nitrogen and oxygen atoms in total. The summed E-state index contributed by atoms with van der Waals surface area (Å²) in [6.07, 6.45) is 0. The first-order valence-corrected chi connectivity index (χ1v) is 9.35. The average molecular weight is 404 g/mol. The van der Waals surface area contributed by atoms with Crippen LogP contribution in [-0.2, 0) is 0 Å². The molecule has 0 aliphatic rings. The SMILES string of the molecule is Cc1cccc(C)c1-c1cc(Cl)nc(NSc2cccc(C(=O)Cl)c2)n1. The molecule has 26 heavy (non-hydrogen) atoms. The van der Waals surface area contributed by atoms with Gasteiger partial charge in [0.05, 0.1) is 5.69 Å². The van der Waals surface area contributed by atoms with Crippen molar-refractivity contribution in [2.75, 3.05) is 4.72 Å². The van der Waals surface area contributed by atoms with Gasteiger partial charge in [-0.05, 0) is 60.7 Å². The number of anilines is 1. The van der Waals surface area contributed by atoms with E-state index in [-0.39, 0.29) is 0 Å². The number of carbonyl (C=O) groups is 1. The smallest absolute Gasteiger partial charge is 0.252 e. The molecule has 0 fully saturated rings. The molecule has 1 aromatic heterocycles. The van der Waals surface area contributed by atoms with Crippen LogP contribution in [0.4, 0.5) is 5.95 Å². The molecular weight excluding hydrogens is 389 g/mol. The minimum absolute atomic E-state index is 0.352. The number of nitrogens with one attached hydrogen (secondary N) is 1. The van der Waals surface area contributed by atoms with Crippen LogP contribution in [0.3, 0.4) is 0 Å². The van der Waals surface area contributed by atoms with E-state index in [1.54, 1.807) is 24.3 Å². The molecular formula is C19H15Cl2N3OS. The fraction of sp³-hybridized carbons (Fsp3) is 0.105. The molecule has 0 saturated carbocycles. The number of carbonyl (C=O) groups excluding carboxylic acids is 1. The fourth-order valence-electron chi connectivity index (χ4n) is 2.60. The summed E-state index contributed by atoms with van der Waals surface area (Å²) >= 11 is 13.0. The van der Waals surface area contributed by atoms with Crippen LogP contribution >= 0.6 is 35.1 Å². The molecule has 0 saturated heterocycles. The largest absolute Gasteiger partial charge is 0.294 e. The molecule has 0 bridgehead atoms. The van der Waals surface area contributed by atoms with Crippen molar-refractivity contribution >= 4 is 46.3 Å². The third-order valence-electron chi connectivity index (χ3n) is 3.75. The zero-order chi connectivity index (χ0) is 18.7. The second kappa shape index (κ2) is 8.08. The Hall–Kier alpha value is -2.08. The van der Waals surface area contributed by atoms with Crippen LogP contribution in [0.5, 0.6) is 0 Å². The highest BCUT2D eigenvalue weighted by Crippen LogP contribution is 2.29. The molecule has 0 aliphatic heterocycles. The van der Waals surface area contributed by atoms with E-state index in [4.69, 9.17) is 23.2 Å². The van der Waals surface area contributed by atoms with Crippen LogP contribution in [0.25, 0.3) is 11.3 Å². The van der Waals surface area contributed by atoms with Crippen molar-refractivity contribution in [3.63, 3.8) is 0 Å². The summed E-state index contributed by atoms with van der Waals surface area (Å²) in [6.45, 7) is 4.07. The molecule has 0 radical (unpaired) electrons. The molecule has 3 aromatic rings. The van der Waals surface area contributed by atoms with Gasteiger partial charge in [-0.2, -0.15) is 0 Å². The molecule has 132 valence electrons. The van der Waals surface area contributed by atoms with Gasteiger partial charge in [-0.3, -0.25) is 9.52 Å². The lowest BCUT2D eigenvalue weighted by atomic mass is 10.00. The Morgan fingerprint density at radius 3 is 2.42 bits per heavy atom. The standard InChI is InChI=1S/C19H15Cl2N3OS/c1-11-5-3-6-12(2)17(11)15-10-16(20)23-19(22-15)24-26-14-8-4-7-13(9-14)18(21)25/h3-10H,1-2H3,(H,22,23,24). The van der Waals surface area contributed by atoms with E-state index in [1.165, 1.54) is 11.9 Å². The highest BCUT2D eigenvalue weighted by molar-refractivity contribution is 8.00. The number of nitrogens with zero attached hydrogens (tertiary/aromatic N) is 2. The second-order valence-corrected chi connectivity index (χ2v) is 7.28. The monoisotopic (exact) mass is 403 g/mol. The van der Waals surface area contributed by atoms with Crippen LogP contribution in [-0.4, -0.2) is 15.2 Å². The molecule has 0 unspecified atom stereocenters. The molecule has 1 N–H and O–H groups in total. The predicted octanol–water partition coefficient (Wildman–Crippen LogP) is 5.91. The van der Waals surface area contributed by atoms with E-state index in [9.17, 15) is 4.79 Å². The van der Waals surface area contributed by atoms with Crippen molar-refractivity contribution in [1.29, 1.82) is 0 Å². The molecule has 0 atom stereocenters. The Kier molecular flexibility index (Phi) is 5.81. The highest BCUT2D eigenvalue weighted by atomic mass is 35.5. The first-order chi connectivity index (χ1) is 12.4. The van der Waals surface area contributed by atoms with Gasteiger partial charge in [0, 0.05) is 22.1 Å². The number of hydrogen-bond donors (Lipinski definition) is 1. The first-order valence-electron chi connectivity index (χ1n) is 7.78. The molecule has 1 heterocycles. The lowest BCUT2D eigenvalue weighted by Gasteiger charge is -2.11. The predicted molar refractivity (Wildman–Crippen MR) is 108 cm³/mol. The Morgan fingerprint density at radius 1 is 1.04 bits per heavy atom. The van der Waals surface area contributed by atoms with Gasteiger partial charge in [-0.15, -0.1) is 0 Å². The number of rotatable bonds is 5. The Bertz CT molecular complexity index is 958. The van der Waals surface area contributed by atoms with Gasteiger partial charge < -0.3 is 0 Å². The van der Waals surface area contributed by atoms with Crippen LogP contribution in [0.2, 0.25) is 5.15 Å². The van der Waals surface area contributed by atoms with Crippen LogP contribution < -0.4 is 4.72 Å². The van der Waals surface area contributed by atoms with Crippen molar-refractivity contribution in [3.8, 4) is 11.3 Å². The quantitative estimate of drug-likeness (QED) is 0.325. The molecule has 2 aromatic carbocycles. The van der Waals surface area contributed by atoms with E-state index >= 15 is 0 Å². The van der Waals surface area contributed by atoms with Gasteiger partial charge in [0.15, 0.2) is 0 Å². The van der Waals surface area contributed by atoms with Crippen molar-refractivity contribution < 1.29 is 4.79 Å². The second-order valence-electron chi connectivity index (χ2n) is 5.67. The van der Waals surface area contributed by atoms with E-state index < -0.39 is 5.24 Å². The summed E-state index contributed by atoms with van der Waals surface area (Å²) in [4.78, 5) is 20.9. The number of aromatic nitrogens is 2. The number of hydrogen-bond acceptors (Lipinski definition) is 5. The molecule has 0 amide bonds. The number of aryl methyl sites for hydroxylation is 2. The summed E-state index contributed by atoms with van der Waals surface area (Å²) in [5.74, 6) is 0.391. The maximum absolute atomic E-state index is 11.3. The lowest BCUT2D eigenvalue weighted by Crippen LogP contribution is -1.99. The molecule has 0 spiro atoms. The summed E-state index contributed by atoms with van der Waals surface area (Å²) < 4.78 is 3.07. The molecule has 0 aliphatic carbocycles. The highest BCUT2D eigenvalue weighted by Gasteiger charge is 2.11. The van der Waals surface area contributed by atoms with Crippen molar-refractivity contribution in [2.24, 2.45) is 0 Å². The maximum Gasteiger partial charge on any atom is 0.252 e. The van der Waals surface area contributed by atoms with Crippen molar-refractivity contribution in [1.82, 2.24) is 9.97 Å². The van der Waals surface area contributed by atoms with Crippen molar-refractivity contribution in [2.45, 2.75) is 18.7 Å². The van der Waals surface area contributed by atoms with Gasteiger partial charge in [-0.1, -0.05) is 41.9 Å². The zero-order valence-electron chi connectivity index (χ0n) is 14.1. The topological polar surface area (TPSA) is 54.9 Å². The fourth-order valence-corrected chi connectivity index (χ4v) is 3.53. The first kappa shape index (κ1) is 18.7. The molecule has 7 heteroatoms. The van der Waals surface area contributed by atoms with Crippen molar-refractivity contribution in [3.05, 3.63) is 70.4 Å². The summed E-state index contributed by atoms with van der Waals surface area (Å²) in [5, 5.41) is -0.144. The van der Waals surface area contributed by atoms with Crippen LogP contribution in [0.1, 0.15) is 21.5 Å². The third kappa shape index (κ3) is 4.36.